The summed E-state index contributed by atoms with van der Waals surface area (Å²) in [7, 11) is 0. The van der Waals surface area contributed by atoms with E-state index in [4.69, 9.17) is 16.0 Å². The second-order valence-electron chi connectivity index (χ2n) is 3.79. The topological polar surface area (TPSA) is 140 Å². The molecule has 0 unspecified atom stereocenters. The Bertz CT molecular complexity index is 856. The third-order valence-electron chi connectivity index (χ3n) is 2.46. The van der Waals surface area contributed by atoms with Crippen LogP contribution >= 0.6 is 11.6 Å². The van der Waals surface area contributed by atoms with Gasteiger partial charge in [-0.25, -0.2) is 4.98 Å². The number of amides is 1. The second kappa shape index (κ2) is 4.83. The lowest BCUT2D eigenvalue weighted by Crippen LogP contribution is -2.13. The van der Waals surface area contributed by atoms with Crippen molar-refractivity contribution < 1.29 is 14.1 Å². The van der Waals surface area contributed by atoms with E-state index in [0.717, 1.165) is 6.07 Å². The summed E-state index contributed by atoms with van der Waals surface area (Å²) in [6.07, 6.45) is 1.38. The van der Waals surface area contributed by atoms with Gasteiger partial charge in [-0.2, -0.15) is 9.97 Å². The van der Waals surface area contributed by atoms with Gasteiger partial charge in [-0.1, -0.05) is 11.6 Å². The van der Waals surface area contributed by atoms with E-state index in [-0.39, 0.29) is 22.5 Å². The Morgan fingerprint density at radius 1 is 1.43 bits per heavy atom. The first kappa shape index (κ1) is 13.0. The van der Waals surface area contributed by atoms with Gasteiger partial charge < -0.3 is 9.40 Å². The fraction of sp³-hybridized carbons (Fsp3) is 0. The van der Waals surface area contributed by atoms with Gasteiger partial charge in [-0.15, -0.1) is 0 Å². The van der Waals surface area contributed by atoms with Crippen LogP contribution in [0.3, 0.4) is 0 Å². The summed E-state index contributed by atoms with van der Waals surface area (Å²) in [4.78, 5) is 36.0. The van der Waals surface area contributed by atoms with E-state index in [1.807, 2.05) is 0 Å². The van der Waals surface area contributed by atoms with E-state index in [1.165, 1.54) is 12.4 Å². The van der Waals surface area contributed by atoms with Crippen molar-refractivity contribution in [1.29, 1.82) is 0 Å². The highest BCUT2D eigenvalue weighted by atomic mass is 35.5. The number of imidazole rings is 1. The highest BCUT2D eigenvalue weighted by Crippen LogP contribution is 2.20. The van der Waals surface area contributed by atoms with Crippen LogP contribution in [0.5, 0.6) is 0 Å². The van der Waals surface area contributed by atoms with Gasteiger partial charge in [0.05, 0.1) is 12.4 Å². The van der Waals surface area contributed by atoms with Gasteiger partial charge in [0, 0.05) is 0 Å². The minimum Gasteiger partial charge on any atom is -0.395 e. The molecule has 3 rings (SSSR count). The molecule has 0 saturated heterocycles. The Kier molecular flexibility index (Phi) is 2.99. The molecule has 0 spiro atoms. The van der Waals surface area contributed by atoms with Gasteiger partial charge in [0.1, 0.15) is 10.4 Å². The molecule has 3 aromatic heterocycles. The number of H-pyrrole nitrogens is 1. The number of halogens is 1. The van der Waals surface area contributed by atoms with Crippen molar-refractivity contribution in [1.82, 2.24) is 19.9 Å². The predicted octanol–water partition coefficient (Wildman–Crippen LogP) is 1.76. The SMILES string of the molecule is O=C(Nc1nc(Cl)c2[nH]cnc2n1)c1ccc([N+](=O)[O-])o1. The van der Waals surface area contributed by atoms with Crippen LogP contribution in [-0.2, 0) is 0 Å². The molecule has 0 aliphatic rings. The van der Waals surface area contributed by atoms with Gasteiger partial charge in [0.2, 0.25) is 5.95 Å². The first-order chi connectivity index (χ1) is 10.0. The molecule has 2 N–H and O–H groups in total. The summed E-state index contributed by atoms with van der Waals surface area (Å²) < 4.78 is 4.76. The molecule has 106 valence electrons. The molecular formula is C10H5ClN6O4. The maximum absolute atomic E-state index is 11.9. The van der Waals surface area contributed by atoms with Crippen molar-refractivity contribution in [3.8, 4) is 0 Å². The first-order valence-electron chi connectivity index (χ1n) is 5.47. The lowest BCUT2D eigenvalue weighted by molar-refractivity contribution is -0.402. The number of furan rings is 1. The number of rotatable bonds is 3. The lowest BCUT2D eigenvalue weighted by Gasteiger charge is -2.01. The first-order valence-corrected chi connectivity index (χ1v) is 5.84. The van der Waals surface area contributed by atoms with E-state index >= 15 is 0 Å². The molecule has 0 aliphatic carbocycles. The fourth-order valence-electron chi connectivity index (χ4n) is 1.56. The zero-order valence-corrected chi connectivity index (χ0v) is 10.8. The number of hydrogen-bond donors (Lipinski definition) is 2. The largest absolute Gasteiger partial charge is 0.433 e. The van der Waals surface area contributed by atoms with Gasteiger partial charge in [0.15, 0.2) is 16.6 Å². The molecule has 1 amide bonds. The Balaban J connectivity index is 1.86. The molecular weight excluding hydrogens is 304 g/mol. The maximum atomic E-state index is 11.9. The van der Waals surface area contributed by atoms with E-state index in [9.17, 15) is 14.9 Å². The maximum Gasteiger partial charge on any atom is 0.433 e. The summed E-state index contributed by atoms with van der Waals surface area (Å²) in [5, 5.41) is 12.9. The molecule has 0 saturated carbocycles. The zero-order valence-electron chi connectivity index (χ0n) is 10.0. The highest BCUT2D eigenvalue weighted by Gasteiger charge is 2.19. The number of anilines is 1. The number of aromatic nitrogens is 4. The lowest BCUT2D eigenvalue weighted by atomic mass is 10.4. The van der Waals surface area contributed by atoms with Crippen LogP contribution in [0.2, 0.25) is 5.15 Å². The Hall–Kier alpha value is -3.01. The minimum absolute atomic E-state index is 0.0817. The predicted molar refractivity (Wildman–Crippen MR) is 70.0 cm³/mol. The van der Waals surface area contributed by atoms with Gasteiger partial charge in [0.25, 0.3) is 5.91 Å². The quantitative estimate of drug-likeness (QED) is 0.426. The summed E-state index contributed by atoms with van der Waals surface area (Å²) >= 11 is 5.89. The van der Waals surface area contributed by atoms with Crippen molar-refractivity contribution in [2.75, 3.05) is 5.32 Å². The summed E-state index contributed by atoms with van der Waals surface area (Å²) in [5.41, 5.74) is 0.707. The van der Waals surface area contributed by atoms with Crippen LogP contribution in [0.15, 0.2) is 22.9 Å². The van der Waals surface area contributed by atoms with Crippen molar-refractivity contribution in [2.45, 2.75) is 0 Å². The van der Waals surface area contributed by atoms with Gasteiger partial charge in [-0.3, -0.25) is 20.2 Å². The standard InChI is InChI=1S/C10H5ClN6O4/c11-7-6-8(13-3-12-6)15-10(14-7)16-9(18)4-1-2-5(21-4)17(19)20/h1-3H,(H2,12,13,14,15,16,18). The van der Waals surface area contributed by atoms with Crippen LogP contribution in [0.1, 0.15) is 10.6 Å². The van der Waals surface area contributed by atoms with Crippen LogP contribution in [0, 0.1) is 10.1 Å². The molecule has 0 aliphatic heterocycles. The monoisotopic (exact) mass is 308 g/mol. The molecule has 0 bridgehead atoms. The Morgan fingerprint density at radius 2 is 2.24 bits per heavy atom. The zero-order chi connectivity index (χ0) is 15.0. The van der Waals surface area contributed by atoms with Crippen LogP contribution < -0.4 is 5.32 Å². The van der Waals surface area contributed by atoms with Crippen molar-refractivity contribution in [2.24, 2.45) is 0 Å². The van der Waals surface area contributed by atoms with E-state index in [1.54, 1.807) is 0 Å². The molecule has 0 fully saturated rings. The molecule has 3 aromatic rings. The second-order valence-corrected chi connectivity index (χ2v) is 4.15. The third kappa shape index (κ3) is 2.39. The van der Waals surface area contributed by atoms with Crippen molar-refractivity contribution >= 4 is 40.5 Å². The van der Waals surface area contributed by atoms with Crippen molar-refractivity contribution in [3.05, 3.63) is 39.5 Å². The molecule has 11 heteroatoms. The summed E-state index contributed by atoms with van der Waals surface area (Å²) in [6, 6.07) is 2.24. The third-order valence-corrected chi connectivity index (χ3v) is 2.74. The number of nitrogens with one attached hydrogen (secondary N) is 2. The number of carbonyl (C=O) groups excluding carboxylic acids is 1. The number of nitrogens with zero attached hydrogens (tertiary/aromatic N) is 4. The number of aromatic amines is 1. The molecule has 10 nitrogen and oxygen atoms in total. The van der Waals surface area contributed by atoms with Gasteiger partial charge in [-0.05, 0) is 6.07 Å². The minimum atomic E-state index is -0.750. The van der Waals surface area contributed by atoms with Crippen LogP contribution in [-0.4, -0.2) is 30.8 Å². The van der Waals surface area contributed by atoms with E-state index in [2.05, 4.69) is 25.3 Å². The number of fused-ring (bicyclic) bond motifs is 1. The Morgan fingerprint density at radius 3 is 2.95 bits per heavy atom. The van der Waals surface area contributed by atoms with E-state index < -0.39 is 16.7 Å². The Labute approximate surface area is 120 Å². The molecule has 21 heavy (non-hydrogen) atoms. The summed E-state index contributed by atoms with van der Waals surface area (Å²) in [6.45, 7) is 0. The normalized spacial score (nSPS) is 10.7. The van der Waals surface area contributed by atoms with Gasteiger partial charge >= 0.3 is 5.88 Å². The molecule has 0 radical (unpaired) electrons. The molecule has 0 aromatic carbocycles. The van der Waals surface area contributed by atoms with Crippen molar-refractivity contribution in [3.63, 3.8) is 0 Å². The number of hydrogen-bond acceptors (Lipinski definition) is 7. The smallest absolute Gasteiger partial charge is 0.395 e. The van der Waals surface area contributed by atoms with E-state index in [0.29, 0.717) is 5.52 Å². The number of carbonyl (C=O) groups is 1. The number of nitro groups is 1. The summed E-state index contributed by atoms with van der Waals surface area (Å²) in [5.74, 6) is -1.62. The van der Waals surface area contributed by atoms with Crippen LogP contribution in [0.25, 0.3) is 11.2 Å². The average Bonchev–Trinajstić information content (AvgIpc) is 3.07. The molecule has 0 atom stereocenters. The fourth-order valence-corrected chi connectivity index (χ4v) is 1.78. The van der Waals surface area contributed by atoms with Crippen LogP contribution in [0.4, 0.5) is 11.8 Å². The highest BCUT2D eigenvalue weighted by molar-refractivity contribution is 6.33. The average molecular weight is 309 g/mol. The molecule has 3 heterocycles.